The van der Waals surface area contributed by atoms with Gasteiger partial charge in [-0.3, -0.25) is 9.59 Å². The largest absolute Gasteiger partial charge is 0.330 e. The van der Waals surface area contributed by atoms with Gasteiger partial charge in [-0.05, 0) is 25.7 Å². The third kappa shape index (κ3) is 3.66. The van der Waals surface area contributed by atoms with Crippen LogP contribution in [-0.4, -0.2) is 34.3 Å². The molecule has 22 heavy (non-hydrogen) atoms. The maximum Gasteiger partial charge on any atom is 0.245 e. The lowest BCUT2D eigenvalue weighted by Gasteiger charge is -2.38. The minimum Gasteiger partial charge on any atom is -0.330 e. The Hall–Kier alpha value is -1.43. The zero-order chi connectivity index (χ0) is 15.4. The number of anilines is 1. The third-order valence-electron chi connectivity index (χ3n) is 4.75. The monoisotopic (exact) mass is 321 g/mol. The molecule has 2 aliphatic rings. The van der Waals surface area contributed by atoms with Crippen LogP contribution >= 0.6 is 11.3 Å². The van der Waals surface area contributed by atoms with E-state index in [1.807, 2.05) is 10.3 Å². The maximum absolute atomic E-state index is 12.7. The average Bonchev–Trinajstić information content (AvgIpc) is 2.96. The van der Waals surface area contributed by atoms with Gasteiger partial charge in [0.25, 0.3) is 0 Å². The SMILES string of the molecule is O=C(CN(C(=O)C1CCC1)C1CCCCC1)Nc1nccs1. The molecule has 2 aliphatic carbocycles. The summed E-state index contributed by atoms with van der Waals surface area (Å²) in [4.78, 5) is 30.9. The van der Waals surface area contributed by atoms with Gasteiger partial charge < -0.3 is 10.2 Å². The molecule has 1 N–H and O–H groups in total. The Kier molecular flexibility index (Phi) is 5.08. The highest BCUT2D eigenvalue weighted by Crippen LogP contribution is 2.31. The summed E-state index contributed by atoms with van der Waals surface area (Å²) in [7, 11) is 0. The standard InChI is InChI=1S/C16H23N3O2S/c20-14(18-16-17-9-10-22-16)11-19(13-7-2-1-3-8-13)15(21)12-5-4-6-12/h9-10,12-13H,1-8,11H2,(H,17,18,20). The van der Waals surface area contributed by atoms with Gasteiger partial charge in [0.1, 0.15) is 6.54 Å². The Bertz CT molecular complexity index is 507. The summed E-state index contributed by atoms with van der Waals surface area (Å²) in [6, 6.07) is 0.240. The van der Waals surface area contributed by atoms with E-state index >= 15 is 0 Å². The third-order valence-corrected chi connectivity index (χ3v) is 5.43. The van der Waals surface area contributed by atoms with Crippen molar-refractivity contribution in [3.05, 3.63) is 11.6 Å². The van der Waals surface area contributed by atoms with Crippen LogP contribution < -0.4 is 5.32 Å². The van der Waals surface area contributed by atoms with E-state index in [4.69, 9.17) is 0 Å². The van der Waals surface area contributed by atoms with Crippen LogP contribution in [0, 0.1) is 5.92 Å². The van der Waals surface area contributed by atoms with E-state index in [0.717, 1.165) is 44.9 Å². The Morgan fingerprint density at radius 1 is 1.18 bits per heavy atom. The van der Waals surface area contributed by atoms with E-state index in [0.29, 0.717) is 5.13 Å². The molecule has 0 unspecified atom stereocenters. The summed E-state index contributed by atoms with van der Waals surface area (Å²) in [5.41, 5.74) is 0. The Labute approximate surface area is 135 Å². The van der Waals surface area contributed by atoms with Crippen molar-refractivity contribution >= 4 is 28.3 Å². The quantitative estimate of drug-likeness (QED) is 0.906. The highest BCUT2D eigenvalue weighted by atomic mass is 32.1. The van der Waals surface area contributed by atoms with Crippen LogP contribution in [-0.2, 0) is 9.59 Å². The number of aromatic nitrogens is 1. The van der Waals surface area contributed by atoms with Gasteiger partial charge in [0, 0.05) is 23.5 Å². The average molecular weight is 321 g/mol. The predicted octanol–water partition coefficient (Wildman–Crippen LogP) is 3.04. The second-order valence-electron chi connectivity index (χ2n) is 6.27. The van der Waals surface area contributed by atoms with Crippen LogP contribution in [0.2, 0.25) is 0 Å². The molecule has 2 saturated carbocycles. The molecule has 120 valence electrons. The molecular formula is C16H23N3O2S. The number of hydrogen-bond acceptors (Lipinski definition) is 4. The molecule has 1 aromatic heterocycles. The fourth-order valence-corrected chi connectivity index (χ4v) is 3.81. The van der Waals surface area contributed by atoms with Crippen molar-refractivity contribution in [3.63, 3.8) is 0 Å². The van der Waals surface area contributed by atoms with Crippen LogP contribution in [0.1, 0.15) is 51.4 Å². The summed E-state index contributed by atoms with van der Waals surface area (Å²) in [5, 5.41) is 5.22. The van der Waals surface area contributed by atoms with E-state index in [9.17, 15) is 9.59 Å². The topological polar surface area (TPSA) is 62.3 Å². The molecule has 0 bridgehead atoms. The molecule has 2 amide bonds. The molecule has 0 aromatic carbocycles. The van der Waals surface area contributed by atoms with E-state index < -0.39 is 0 Å². The van der Waals surface area contributed by atoms with Gasteiger partial charge in [0.2, 0.25) is 11.8 Å². The van der Waals surface area contributed by atoms with Gasteiger partial charge in [-0.15, -0.1) is 11.3 Å². The van der Waals surface area contributed by atoms with Crippen molar-refractivity contribution < 1.29 is 9.59 Å². The molecule has 0 saturated heterocycles. The Morgan fingerprint density at radius 3 is 2.55 bits per heavy atom. The van der Waals surface area contributed by atoms with Crippen molar-refractivity contribution in [2.24, 2.45) is 5.92 Å². The molecule has 0 radical (unpaired) electrons. The second kappa shape index (κ2) is 7.22. The number of carbonyl (C=O) groups is 2. The molecule has 2 fully saturated rings. The summed E-state index contributed by atoms with van der Waals surface area (Å²) >= 11 is 1.40. The molecule has 0 aliphatic heterocycles. The first-order valence-corrected chi connectivity index (χ1v) is 9.12. The molecular weight excluding hydrogens is 298 g/mol. The highest BCUT2D eigenvalue weighted by molar-refractivity contribution is 7.13. The predicted molar refractivity (Wildman–Crippen MR) is 86.7 cm³/mol. The van der Waals surface area contributed by atoms with E-state index in [2.05, 4.69) is 10.3 Å². The summed E-state index contributed by atoms with van der Waals surface area (Å²) in [5.74, 6) is 0.204. The lowest BCUT2D eigenvalue weighted by Crippen LogP contribution is -2.49. The number of hydrogen-bond donors (Lipinski definition) is 1. The fraction of sp³-hybridized carbons (Fsp3) is 0.688. The first-order valence-electron chi connectivity index (χ1n) is 8.24. The van der Waals surface area contributed by atoms with Gasteiger partial charge in [-0.2, -0.15) is 0 Å². The zero-order valence-electron chi connectivity index (χ0n) is 12.8. The highest BCUT2D eigenvalue weighted by Gasteiger charge is 2.34. The number of nitrogens with zero attached hydrogens (tertiary/aromatic N) is 2. The van der Waals surface area contributed by atoms with Gasteiger partial charge >= 0.3 is 0 Å². The van der Waals surface area contributed by atoms with Crippen molar-refractivity contribution in [2.75, 3.05) is 11.9 Å². The van der Waals surface area contributed by atoms with E-state index in [-0.39, 0.29) is 30.3 Å². The van der Waals surface area contributed by atoms with Crippen LogP contribution in [0.5, 0.6) is 0 Å². The van der Waals surface area contributed by atoms with Crippen LogP contribution in [0.15, 0.2) is 11.6 Å². The van der Waals surface area contributed by atoms with Crippen LogP contribution in [0.3, 0.4) is 0 Å². The minimum atomic E-state index is -0.131. The molecule has 1 aromatic rings. The molecule has 5 nitrogen and oxygen atoms in total. The number of thiazole rings is 1. The number of rotatable bonds is 5. The second-order valence-corrected chi connectivity index (χ2v) is 7.17. The molecule has 1 heterocycles. The van der Waals surface area contributed by atoms with Gasteiger partial charge in [-0.1, -0.05) is 25.7 Å². The summed E-state index contributed by atoms with van der Waals surface area (Å²) < 4.78 is 0. The summed E-state index contributed by atoms with van der Waals surface area (Å²) in [6.07, 6.45) is 10.4. The zero-order valence-corrected chi connectivity index (χ0v) is 13.6. The van der Waals surface area contributed by atoms with Crippen LogP contribution in [0.25, 0.3) is 0 Å². The molecule has 0 spiro atoms. The van der Waals surface area contributed by atoms with Crippen molar-refractivity contribution in [1.29, 1.82) is 0 Å². The maximum atomic E-state index is 12.7. The van der Waals surface area contributed by atoms with Crippen LogP contribution in [0.4, 0.5) is 5.13 Å². The Balaban J connectivity index is 1.64. The smallest absolute Gasteiger partial charge is 0.245 e. The first-order chi connectivity index (χ1) is 10.7. The van der Waals surface area contributed by atoms with Gasteiger partial charge in [0.15, 0.2) is 5.13 Å². The van der Waals surface area contributed by atoms with Crippen molar-refractivity contribution in [3.8, 4) is 0 Å². The Morgan fingerprint density at radius 2 is 1.95 bits per heavy atom. The van der Waals surface area contributed by atoms with Crippen molar-refractivity contribution in [1.82, 2.24) is 9.88 Å². The van der Waals surface area contributed by atoms with E-state index in [1.165, 1.54) is 17.8 Å². The number of nitrogens with one attached hydrogen (secondary N) is 1. The molecule has 3 rings (SSSR count). The first kappa shape index (κ1) is 15.5. The summed E-state index contributed by atoms with van der Waals surface area (Å²) in [6.45, 7) is 0.166. The van der Waals surface area contributed by atoms with E-state index in [1.54, 1.807) is 6.20 Å². The normalized spacial score (nSPS) is 19.5. The number of amides is 2. The minimum absolute atomic E-state index is 0.131. The number of carbonyl (C=O) groups excluding carboxylic acids is 2. The van der Waals surface area contributed by atoms with Gasteiger partial charge in [-0.25, -0.2) is 4.98 Å². The molecule has 6 heteroatoms. The fourth-order valence-electron chi connectivity index (χ4n) is 3.27. The lowest BCUT2D eigenvalue weighted by molar-refractivity contribution is -0.143. The van der Waals surface area contributed by atoms with Crippen molar-refractivity contribution in [2.45, 2.75) is 57.4 Å². The molecule has 0 atom stereocenters. The van der Waals surface area contributed by atoms with Gasteiger partial charge in [0.05, 0.1) is 0 Å². The lowest BCUT2D eigenvalue weighted by atomic mass is 9.83.